The van der Waals surface area contributed by atoms with Gasteiger partial charge in [-0.2, -0.15) is 0 Å². The van der Waals surface area contributed by atoms with Crippen LogP contribution in [0, 0.1) is 0 Å². The molecule has 1 aliphatic heterocycles. The molecule has 1 aliphatic rings. The molecule has 0 spiro atoms. The van der Waals surface area contributed by atoms with E-state index >= 15 is 0 Å². The van der Waals surface area contributed by atoms with E-state index in [2.05, 4.69) is 10.6 Å². The Morgan fingerprint density at radius 2 is 2.67 bits per heavy atom. The number of carbonyl (C=O) groups excluding carboxylic acids is 1. The summed E-state index contributed by atoms with van der Waals surface area (Å²) in [6, 6.07) is 0.377. The normalized spacial score (nSPS) is 26.1. The second kappa shape index (κ2) is 2.82. The summed E-state index contributed by atoms with van der Waals surface area (Å²) in [5.41, 5.74) is 0. The molecule has 0 aromatic carbocycles. The summed E-state index contributed by atoms with van der Waals surface area (Å²) in [5.74, 6) is 0.0729. The molecule has 1 heterocycles. The maximum absolute atomic E-state index is 10.5. The van der Waals surface area contributed by atoms with Crippen molar-refractivity contribution in [3.8, 4) is 0 Å². The molecular formula is C6H16N2O. The Morgan fingerprint density at radius 3 is 3.11 bits per heavy atom. The number of hydrogen-bond acceptors (Lipinski definition) is 2. The highest BCUT2D eigenvalue weighted by Gasteiger charge is 2.13. The van der Waals surface area contributed by atoms with Crippen LogP contribution in [0.2, 0.25) is 0 Å². The Hall–Kier alpha value is -0.570. The fourth-order valence-electron chi connectivity index (χ4n) is 1.07. The number of amides is 1. The van der Waals surface area contributed by atoms with E-state index in [0.717, 1.165) is 19.5 Å². The first-order chi connectivity index (χ1) is 4.29. The number of carbonyl (C=O) groups is 1. The van der Waals surface area contributed by atoms with Gasteiger partial charge in [0.05, 0.1) is 0 Å². The molecule has 2 N–H and O–H groups in total. The summed E-state index contributed by atoms with van der Waals surface area (Å²) in [7, 11) is 0. The van der Waals surface area contributed by atoms with Gasteiger partial charge < -0.3 is 10.6 Å². The van der Waals surface area contributed by atoms with Crippen molar-refractivity contribution in [1.29, 1.82) is 0 Å². The molecule has 1 rings (SSSR count). The van der Waals surface area contributed by atoms with Crippen molar-refractivity contribution in [2.24, 2.45) is 0 Å². The minimum absolute atomic E-state index is 0. The molecule has 3 nitrogen and oxygen atoms in total. The molecule has 0 saturated carbocycles. The smallest absolute Gasteiger partial charge is 0.217 e. The van der Waals surface area contributed by atoms with Gasteiger partial charge in [-0.1, -0.05) is 0 Å². The van der Waals surface area contributed by atoms with Crippen LogP contribution in [0.15, 0.2) is 0 Å². The Morgan fingerprint density at radius 1 is 1.89 bits per heavy atom. The highest BCUT2D eigenvalue weighted by atomic mass is 16.1. The highest BCUT2D eigenvalue weighted by Crippen LogP contribution is 1.95. The number of nitrogens with one attached hydrogen (secondary N) is 2. The van der Waals surface area contributed by atoms with Crippen molar-refractivity contribution in [3.05, 3.63) is 0 Å². The van der Waals surface area contributed by atoms with Crippen molar-refractivity contribution in [2.45, 2.75) is 19.4 Å². The second-order valence-corrected chi connectivity index (χ2v) is 2.39. The monoisotopic (exact) mass is 132 g/mol. The summed E-state index contributed by atoms with van der Waals surface area (Å²) in [5, 5.41) is 6.00. The third-order valence-corrected chi connectivity index (χ3v) is 1.47. The zero-order valence-electron chi connectivity index (χ0n) is 5.61. The highest BCUT2D eigenvalue weighted by molar-refractivity contribution is 5.73. The molecule has 1 saturated heterocycles. The molecule has 0 bridgehead atoms. The van der Waals surface area contributed by atoms with Crippen LogP contribution in [-0.2, 0) is 4.79 Å². The predicted octanol–water partition coefficient (Wildman–Crippen LogP) is -0.0236. The topological polar surface area (TPSA) is 41.1 Å². The van der Waals surface area contributed by atoms with Crippen molar-refractivity contribution in [2.75, 3.05) is 13.1 Å². The molecule has 3 heteroatoms. The SMILES string of the molecule is CC(=O)NC1CCNC1.[HH].[HH]. The fourth-order valence-corrected chi connectivity index (χ4v) is 1.07. The van der Waals surface area contributed by atoms with Crippen molar-refractivity contribution >= 4 is 5.91 Å². The molecule has 1 unspecified atom stereocenters. The van der Waals surface area contributed by atoms with Crippen LogP contribution in [0.4, 0.5) is 0 Å². The molecule has 0 aliphatic carbocycles. The molecule has 0 radical (unpaired) electrons. The second-order valence-electron chi connectivity index (χ2n) is 2.39. The Labute approximate surface area is 57.8 Å². The van der Waals surface area contributed by atoms with Crippen molar-refractivity contribution < 1.29 is 7.65 Å². The summed E-state index contributed by atoms with van der Waals surface area (Å²) < 4.78 is 0. The summed E-state index contributed by atoms with van der Waals surface area (Å²) in [6.07, 6.45) is 1.07. The summed E-state index contributed by atoms with van der Waals surface area (Å²) in [6.45, 7) is 3.52. The van der Waals surface area contributed by atoms with Gasteiger partial charge in [0.25, 0.3) is 0 Å². The van der Waals surface area contributed by atoms with E-state index in [1.807, 2.05) is 0 Å². The van der Waals surface area contributed by atoms with Gasteiger partial charge >= 0.3 is 0 Å². The first-order valence-electron chi connectivity index (χ1n) is 3.27. The van der Waals surface area contributed by atoms with Crippen molar-refractivity contribution in [3.63, 3.8) is 0 Å². The van der Waals surface area contributed by atoms with Gasteiger partial charge in [0.1, 0.15) is 0 Å². The molecule has 0 aromatic rings. The third-order valence-electron chi connectivity index (χ3n) is 1.47. The molecule has 1 fully saturated rings. The lowest BCUT2D eigenvalue weighted by molar-refractivity contribution is -0.119. The minimum Gasteiger partial charge on any atom is -0.352 e. The van der Waals surface area contributed by atoms with Gasteiger partial charge in [0.2, 0.25) is 5.91 Å². The Balaban J connectivity index is 0. The fraction of sp³-hybridized carbons (Fsp3) is 0.833. The van der Waals surface area contributed by atoms with Gasteiger partial charge in [0.15, 0.2) is 0 Å². The quantitative estimate of drug-likeness (QED) is 0.526. The third kappa shape index (κ3) is 2.01. The van der Waals surface area contributed by atoms with E-state index in [4.69, 9.17) is 0 Å². The molecule has 56 valence electrons. The molecule has 9 heavy (non-hydrogen) atoms. The van der Waals surface area contributed by atoms with Gasteiger partial charge in [0, 0.05) is 22.4 Å². The Kier molecular flexibility index (Phi) is 2.05. The van der Waals surface area contributed by atoms with Crippen LogP contribution in [-0.4, -0.2) is 25.0 Å². The molecule has 1 atom stereocenters. The Bertz CT molecular complexity index is 115. The van der Waals surface area contributed by atoms with E-state index < -0.39 is 0 Å². The van der Waals surface area contributed by atoms with Crippen LogP contribution in [0.1, 0.15) is 16.2 Å². The number of hydrogen-bond donors (Lipinski definition) is 2. The van der Waals surface area contributed by atoms with E-state index in [1.54, 1.807) is 6.92 Å². The number of rotatable bonds is 1. The van der Waals surface area contributed by atoms with Crippen LogP contribution in [0.5, 0.6) is 0 Å². The largest absolute Gasteiger partial charge is 0.352 e. The zero-order chi connectivity index (χ0) is 6.69. The van der Waals surface area contributed by atoms with E-state index in [9.17, 15) is 4.79 Å². The zero-order valence-corrected chi connectivity index (χ0v) is 5.61. The van der Waals surface area contributed by atoms with Gasteiger partial charge in [-0.3, -0.25) is 4.79 Å². The van der Waals surface area contributed by atoms with Crippen LogP contribution >= 0.6 is 0 Å². The molecule has 1 amide bonds. The van der Waals surface area contributed by atoms with E-state index in [-0.39, 0.29) is 8.76 Å². The van der Waals surface area contributed by atoms with Crippen LogP contribution in [0.3, 0.4) is 0 Å². The molecule has 0 aromatic heterocycles. The maximum Gasteiger partial charge on any atom is 0.217 e. The van der Waals surface area contributed by atoms with Gasteiger partial charge in [-0.25, -0.2) is 0 Å². The lowest BCUT2D eigenvalue weighted by Gasteiger charge is -2.07. The van der Waals surface area contributed by atoms with Crippen LogP contribution < -0.4 is 10.6 Å². The first-order valence-corrected chi connectivity index (χ1v) is 3.27. The lowest BCUT2D eigenvalue weighted by atomic mass is 10.3. The van der Waals surface area contributed by atoms with Gasteiger partial charge in [-0.15, -0.1) is 0 Å². The summed E-state index contributed by atoms with van der Waals surface area (Å²) in [4.78, 5) is 10.5. The lowest BCUT2D eigenvalue weighted by Crippen LogP contribution is -2.34. The maximum atomic E-state index is 10.5. The summed E-state index contributed by atoms with van der Waals surface area (Å²) >= 11 is 0. The van der Waals surface area contributed by atoms with Crippen LogP contribution in [0.25, 0.3) is 0 Å². The van der Waals surface area contributed by atoms with Crippen molar-refractivity contribution in [1.82, 2.24) is 10.6 Å². The van der Waals surface area contributed by atoms with Gasteiger partial charge in [-0.05, 0) is 13.0 Å². The van der Waals surface area contributed by atoms with E-state index in [1.165, 1.54) is 0 Å². The molecular weight excluding hydrogens is 116 g/mol. The predicted molar refractivity (Wildman–Crippen MR) is 39.3 cm³/mol. The minimum atomic E-state index is 0. The average molecular weight is 132 g/mol. The average Bonchev–Trinajstić information content (AvgIpc) is 2.15. The first kappa shape index (κ1) is 6.55. The van der Waals surface area contributed by atoms with E-state index in [0.29, 0.717) is 6.04 Å². The standard InChI is InChI=1S/C6H12N2O.2H2/c1-5(9)8-6-2-3-7-4-6;;/h6-7H,2-4H2,1H3,(H,8,9);2*1H.